The summed E-state index contributed by atoms with van der Waals surface area (Å²) in [5.74, 6) is 6.38. The number of fused-ring (bicyclic) bond motifs is 3. The second-order valence-corrected chi connectivity index (χ2v) is 7.17. The number of nitrogen functional groups attached to an aromatic ring is 1. The molecule has 4 rings (SSSR count). The maximum atomic E-state index is 12.8. The quantitative estimate of drug-likeness (QED) is 0.275. The van der Waals surface area contributed by atoms with Crippen LogP contribution in [0.3, 0.4) is 0 Å². The molecular weight excluding hydrogens is 388 g/mol. The summed E-state index contributed by atoms with van der Waals surface area (Å²) in [6.45, 7) is 2.53. The fourth-order valence-corrected chi connectivity index (χ4v) is 3.33. The third-order valence-corrected chi connectivity index (χ3v) is 4.76. The van der Waals surface area contributed by atoms with Gasteiger partial charge < -0.3 is 30.8 Å². The van der Waals surface area contributed by atoms with Crippen LogP contribution in [0.25, 0.3) is 5.65 Å². The topological polar surface area (TPSA) is 145 Å². The highest BCUT2D eigenvalue weighted by molar-refractivity contribution is 5.94. The Labute approximate surface area is 172 Å². The van der Waals surface area contributed by atoms with Gasteiger partial charge in [-0.15, -0.1) is 0 Å². The first-order valence-electron chi connectivity index (χ1n) is 9.36. The van der Waals surface area contributed by atoms with E-state index in [1.165, 1.54) is 18.3 Å². The molecule has 1 atom stereocenters. The number of nitrogens with zero attached hydrogens (tertiary/aromatic N) is 4. The second-order valence-electron chi connectivity index (χ2n) is 7.17. The molecule has 0 spiro atoms. The molecule has 0 saturated carbocycles. The number of hydrazine groups is 1. The van der Waals surface area contributed by atoms with Crippen molar-refractivity contribution in [1.29, 1.82) is 0 Å². The number of nitrogens with one attached hydrogen (secondary N) is 2. The number of methoxy groups -OCH3 is 1. The van der Waals surface area contributed by atoms with Gasteiger partial charge in [0.1, 0.15) is 5.69 Å². The molecular formula is C19H24N8O3. The average molecular weight is 412 g/mol. The van der Waals surface area contributed by atoms with Crippen molar-refractivity contribution in [2.75, 3.05) is 36.8 Å². The molecule has 0 saturated heterocycles. The molecule has 1 aromatic carbocycles. The maximum Gasteiger partial charge on any atom is 0.270 e. The minimum Gasteiger partial charge on any atom is -0.478 e. The molecule has 11 heteroatoms. The third kappa shape index (κ3) is 3.55. The summed E-state index contributed by atoms with van der Waals surface area (Å²) in [7, 11) is 3.20. The zero-order chi connectivity index (χ0) is 21.4. The summed E-state index contributed by atoms with van der Waals surface area (Å²) in [4.78, 5) is 21.5. The summed E-state index contributed by atoms with van der Waals surface area (Å²) < 4.78 is 12.8. The van der Waals surface area contributed by atoms with Gasteiger partial charge in [-0.1, -0.05) is 0 Å². The van der Waals surface area contributed by atoms with Crippen molar-refractivity contribution in [3.8, 4) is 5.88 Å². The fourth-order valence-electron chi connectivity index (χ4n) is 3.33. The highest BCUT2D eigenvalue weighted by Gasteiger charge is 2.20. The molecule has 1 amide bonds. The van der Waals surface area contributed by atoms with Gasteiger partial charge in [0, 0.05) is 13.1 Å². The molecule has 3 heterocycles. The number of ether oxygens (including phenoxy) is 2. The number of nitrogens with two attached hydrogens (primary N) is 2. The second kappa shape index (κ2) is 7.69. The number of imidazole rings is 1. The first-order valence-corrected chi connectivity index (χ1v) is 9.36. The SMILES string of the molecule is COc1nc2cn3c(cnc13)C(=O)NC(C)COCc1cc(c(N)c(N(C)N)c1)N2. The Bertz CT molecular complexity index is 1110. The Balaban J connectivity index is 1.90. The monoisotopic (exact) mass is 412 g/mol. The van der Waals surface area contributed by atoms with Crippen molar-refractivity contribution >= 4 is 34.4 Å². The number of benzene rings is 1. The number of amides is 1. The highest BCUT2D eigenvalue weighted by atomic mass is 16.5. The van der Waals surface area contributed by atoms with Crippen molar-refractivity contribution in [3.05, 3.63) is 35.8 Å². The smallest absolute Gasteiger partial charge is 0.270 e. The van der Waals surface area contributed by atoms with E-state index in [2.05, 4.69) is 20.6 Å². The largest absolute Gasteiger partial charge is 0.478 e. The third-order valence-electron chi connectivity index (χ3n) is 4.76. The lowest BCUT2D eigenvalue weighted by molar-refractivity contribution is 0.0816. The van der Waals surface area contributed by atoms with Crippen LogP contribution in [0.1, 0.15) is 23.0 Å². The molecule has 1 aliphatic rings. The zero-order valence-electron chi connectivity index (χ0n) is 17.0. The van der Waals surface area contributed by atoms with Crippen LogP contribution in [0.5, 0.6) is 5.88 Å². The molecule has 3 aromatic rings. The number of hydrogen-bond acceptors (Lipinski definition) is 9. The van der Waals surface area contributed by atoms with E-state index >= 15 is 0 Å². The molecule has 0 radical (unpaired) electrons. The minimum atomic E-state index is -0.278. The van der Waals surface area contributed by atoms with Gasteiger partial charge in [0.25, 0.3) is 11.8 Å². The van der Waals surface area contributed by atoms with Crippen molar-refractivity contribution in [3.63, 3.8) is 0 Å². The Hall–Kier alpha value is -3.57. The van der Waals surface area contributed by atoms with Crippen LogP contribution in [0.2, 0.25) is 0 Å². The van der Waals surface area contributed by atoms with Crippen LogP contribution >= 0.6 is 0 Å². The van der Waals surface area contributed by atoms with Crippen molar-refractivity contribution < 1.29 is 14.3 Å². The lowest BCUT2D eigenvalue weighted by Crippen LogP contribution is -2.36. The molecule has 0 aliphatic carbocycles. The van der Waals surface area contributed by atoms with Gasteiger partial charge in [-0.3, -0.25) is 9.20 Å². The zero-order valence-corrected chi connectivity index (χ0v) is 17.0. The van der Waals surface area contributed by atoms with E-state index in [0.29, 0.717) is 47.4 Å². The van der Waals surface area contributed by atoms with Crippen molar-refractivity contribution in [2.45, 2.75) is 19.6 Å². The minimum absolute atomic E-state index is 0.211. The van der Waals surface area contributed by atoms with Crippen LogP contribution < -0.4 is 32.0 Å². The standard InChI is InChI=1S/C19H24N8O3/c1-10-8-30-9-11-4-12(16(20)13(5-11)26(2)21)24-15-7-27-14(18(28)23-10)6-22-17(27)19(25-15)29-3/h4-7,10,24H,8-9,20-21H2,1-3H3,(H,23,28). The lowest BCUT2D eigenvalue weighted by atomic mass is 10.1. The van der Waals surface area contributed by atoms with Crippen LogP contribution in [0.4, 0.5) is 22.9 Å². The van der Waals surface area contributed by atoms with Gasteiger partial charge in [0.2, 0.25) is 5.65 Å². The molecule has 4 bridgehead atoms. The Morgan fingerprint density at radius 1 is 1.40 bits per heavy atom. The summed E-state index contributed by atoms with van der Waals surface area (Å²) in [5.41, 5.74) is 9.68. The molecule has 1 unspecified atom stereocenters. The summed E-state index contributed by atoms with van der Waals surface area (Å²) in [5, 5.41) is 7.56. The number of rotatable bonds is 2. The Morgan fingerprint density at radius 3 is 2.93 bits per heavy atom. The molecule has 158 valence electrons. The number of hydrogen-bond donors (Lipinski definition) is 4. The van der Waals surface area contributed by atoms with E-state index in [1.54, 1.807) is 17.6 Å². The predicted molar refractivity (Wildman–Crippen MR) is 113 cm³/mol. The van der Waals surface area contributed by atoms with Gasteiger partial charge in [-0.25, -0.2) is 10.8 Å². The Kier molecular flexibility index (Phi) is 5.06. The average Bonchev–Trinajstić information content (AvgIpc) is 3.12. The molecule has 1 aliphatic heterocycles. The lowest BCUT2D eigenvalue weighted by Gasteiger charge is -2.21. The first-order chi connectivity index (χ1) is 14.4. The first kappa shape index (κ1) is 19.7. The maximum absolute atomic E-state index is 12.8. The predicted octanol–water partition coefficient (Wildman–Crippen LogP) is 1.02. The molecule has 30 heavy (non-hydrogen) atoms. The van der Waals surface area contributed by atoms with Gasteiger partial charge >= 0.3 is 0 Å². The van der Waals surface area contributed by atoms with E-state index in [4.69, 9.17) is 21.1 Å². The van der Waals surface area contributed by atoms with E-state index < -0.39 is 0 Å². The molecule has 2 aromatic heterocycles. The van der Waals surface area contributed by atoms with E-state index in [0.717, 1.165) is 5.56 Å². The van der Waals surface area contributed by atoms with Crippen molar-refractivity contribution in [1.82, 2.24) is 19.7 Å². The van der Waals surface area contributed by atoms with Crippen molar-refractivity contribution in [2.24, 2.45) is 5.84 Å². The molecule has 0 fully saturated rings. The van der Waals surface area contributed by atoms with E-state index in [1.807, 2.05) is 19.1 Å². The summed E-state index contributed by atoms with van der Waals surface area (Å²) >= 11 is 0. The Morgan fingerprint density at radius 2 is 2.20 bits per heavy atom. The van der Waals surface area contributed by atoms with E-state index in [9.17, 15) is 4.79 Å². The van der Waals surface area contributed by atoms with Crippen LogP contribution in [0, 0.1) is 0 Å². The van der Waals surface area contributed by atoms with Gasteiger partial charge in [0.05, 0.1) is 49.8 Å². The van der Waals surface area contributed by atoms with Gasteiger partial charge in [-0.05, 0) is 24.6 Å². The summed E-state index contributed by atoms with van der Waals surface area (Å²) in [6, 6.07) is 3.53. The van der Waals surface area contributed by atoms with Gasteiger partial charge in [0.15, 0.2) is 5.82 Å². The number of anilines is 4. The summed E-state index contributed by atoms with van der Waals surface area (Å²) in [6.07, 6.45) is 3.15. The molecule has 11 nitrogen and oxygen atoms in total. The highest BCUT2D eigenvalue weighted by Crippen LogP contribution is 2.34. The molecule has 6 N–H and O–H groups in total. The van der Waals surface area contributed by atoms with Gasteiger partial charge in [-0.2, -0.15) is 4.98 Å². The van der Waals surface area contributed by atoms with Crippen LogP contribution in [-0.2, 0) is 11.3 Å². The number of carbonyl (C=O) groups is 1. The number of aromatic nitrogens is 3. The van der Waals surface area contributed by atoms with Crippen LogP contribution in [-0.4, -0.2) is 47.1 Å². The van der Waals surface area contributed by atoms with Crippen LogP contribution in [0.15, 0.2) is 24.5 Å². The normalized spacial score (nSPS) is 16.7. The number of carbonyl (C=O) groups excluding carboxylic acids is 1. The fraction of sp³-hybridized carbons (Fsp3) is 0.316. The van der Waals surface area contributed by atoms with E-state index in [-0.39, 0.29) is 17.8 Å².